The highest BCUT2D eigenvalue weighted by molar-refractivity contribution is 6.12. The first-order valence-electron chi connectivity index (χ1n) is 12.2. The van der Waals surface area contributed by atoms with E-state index in [4.69, 9.17) is 0 Å². The Balaban J connectivity index is 1.93. The quantitative estimate of drug-likeness (QED) is 0.425. The second kappa shape index (κ2) is 11.7. The van der Waals surface area contributed by atoms with Gasteiger partial charge in [-0.1, -0.05) is 76.6 Å². The molecule has 2 aromatic rings. The van der Waals surface area contributed by atoms with Gasteiger partial charge in [0.2, 0.25) is 11.8 Å². The summed E-state index contributed by atoms with van der Waals surface area (Å²) in [4.78, 5) is 53.1. The molecule has 0 bridgehead atoms. The van der Waals surface area contributed by atoms with E-state index in [0.29, 0.717) is 17.8 Å². The Labute approximate surface area is 211 Å². The summed E-state index contributed by atoms with van der Waals surface area (Å²) in [6.07, 6.45) is 0.710. The molecule has 0 spiro atoms. The lowest BCUT2D eigenvalue weighted by atomic mass is 9.97. The van der Waals surface area contributed by atoms with Crippen molar-refractivity contribution in [3.63, 3.8) is 0 Å². The van der Waals surface area contributed by atoms with Crippen molar-refractivity contribution >= 4 is 35.2 Å². The molecule has 9 heteroatoms. The molecule has 0 radical (unpaired) electrons. The Morgan fingerprint density at radius 1 is 1.00 bits per heavy atom. The number of amides is 4. The van der Waals surface area contributed by atoms with Crippen LogP contribution in [0.3, 0.4) is 0 Å². The highest BCUT2D eigenvalue weighted by Crippen LogP contribution is 2.34. The molecule has 1 heterocycles. The van der Waals surface area contributed by atoms with Crippen LogP contribution in [0.4, 0.5) is 16.2 Å². The number of nitrogens with one attached hydrogen (secondary N) is 3. The molecule has 3 rings (SSSR count). The summed E-state index contributed by atoms with van der Waals surface area (Å²) in [5, 5.41) is 17.9. The highest BCUT2D eigenvalue weighted by Gasteiger charge is 2.40. The predicted molar refractivity (Wildman–Crippen MR) is 138 cm³/mol. The van der Waals surface area contributed by atoms with Crippen molar-refractivity contribution in [2.24, 2.45) is 11.8 Å². The second-order valence-corrected chi connectivity index (χ2v) is 9.47. The third-order valence-electron chi connectivity index (χ3n) is 6.49. The number of carbonyl (C=O) groups is 4. The van der Waals surface area contributed by atoms with Gasteiger partial charge in [-0.2, -0.15) is 0 Å². The van der Waals surface area contributed by atoms with Crippen molar-refractivity contribution in [3.8, 4) is 0 Å². The van der Waals surface area contributed by atoms with Gasteiger partial charge in [-0.3, -0.25) is 14.5 Å². The van der Waals surface area contributed by atoms with Crippen molar-refractivity contribution in [1.82, 2.24) is 10.6 Å². The maximum atomic E-state index is 13.7. The first-order chi connectivity index (χ1) is 17.1. The number of carboxylic acid groups (broad SMARTS) is 1. The van der Waals surface area contributed by atoms with Crippen LogP contribution in [0.1, 0.15) is 39.7 Å². The summed E-state index contributed by atoms with van der Waals surface area (Å²) >= 11 is 0. The van der Waals surface area contributed by atoms with E-state index in [-0.39, 0.29) is 24.2 Å². The number of urea groups is 1. The molecule has 4 N–H and O–H groups in total. The molecule has 0 unspecified atom stereocenters. The van der Waals surface area contributed by atoms with E-state index < -0.39 is 36.0 Å². The number of carbonyl (C=O) groups excluding carboxylic acids is 3. The molecule has 1 aliphatic heterocycles. The number of carboxylic acids is 1. The number of benzene rings is 2. The molecule has 4 atom stereocenters. The van der Waals surface area contributed by atoms with E-state index in [2.05, 4.69) is 16.0 Å². The normalized spacial score (nSPS) is 17.4. The minimum Gasteiger partial charge on any atom is -0.480 e. The van der Waals surface area contributed by atoms with Gasteiger partial charge >= 0.3 is 12.0 Å². The van der Waals surface area contributed by atoms with Crippen molar-refractivity contribution < 1.29 is 24.3 Å². The van der Waals surface area contributed by atoms with Crippen LogP contribution in [0, 0.1) is 11.8 Å². The van der Waals surface area contributed by atoms with Crippen molar-refractivity contribution in [3.05, 3.63) is 60.2 Å². The van der Waals surface area contributed by atoms with Gasteiger partial charge in [0.05, 0.1) is 11.4 Å². The van der Waals surface area contributed by atoms with E-state index in [1.165, 1.54) is 4.90 Å². The highest BCUT2D eigenvalue weighted by atomic mass is 16.4. The molecule has 36 heavy (non-hydrogen) atoms. The van der Waals surface area contributed by atoms with Crippen LogP contribution in [0.25, 0.3) is 0 Å². The predicted octanol–water partition coefficient (Wildman–Crippen LogP) is 3.41. The number of hydrogen-bond donors (Lipinski definition) is 4. The van der Waals surface area contributed by atoms with Gasteiger partial charge < -0.3 is 21.1 Å². The largest absolute Gasteiger partial charge is 0.480 e. The molecular weight excluding hydrogens is 460 g/mol. The summed E-state index contributed by atoms with van der Waals surface area (Å²) in [5.74, 6) is -2.56. The SMILES string of the molecule is CC[C@H](C)[C@H](NC(=O)[C@H](Cc1ccccc1)NC(=O)N1c2ccccc2NC(=O)[C@@H]1C(C)C)C(=O)O. The van der Waals surface area contributed by atoms with Crippen LogP contribution in [0.15, 0.2) is 54.6 Å². The zero-order valence-electron chi connectivity index (χ0n) is 21.0. The number of fused-ring (bicyclic) bond motifs is 1. The number of para-hydroxylation sites is 2. The number of anilines is 2. The summed E-state index contributed by atoms with van der Waals surface area (Å²) in [6, 6.07) is 12.6. The van der Waals surface area contributed by atoms with Crippen LogP contribution in [0.2, 0.25) is 0 Å². The van der Waals surface area contributed by atoms with E-state index >= 15 is 0 Å². The van der Waals surface area contributed by atoms with E-state index in [9.17, 15) is 24.3 Å². The average Bonchev–Trinajstić information content (AvgIpc) is 2.85. The Bertz CT molecular complexity index is 1100. The molecule has 0 saturated heterocycles. The maximum absolute atomic E-state index is 13.7. The molecule has 0 saturated carbocycles. The molecule has 192 valence electrons. The van der Waals surface area contributed by atoms with Crippen LogP contribution >= 0.6 is 0 Å². The van der Waals surface area contributed by atoms with Crippen LogP contribution in [-0.4, -0.2) is 47.0 Å². The van der Waals surface area contributed by atoms with Crippen molar-refractivity contribution in [2.45, 2.75) is 58.7 Å². The summed E-state index contributed by atoms with van der Waals surface area (Å²) in [6.45, 7) is 7.29. The monoisotopic (exact) mass is 494 g/mol. The molecule has 0 aromatic heterocycles. The fourth-order valence-corrected chi connectivity index (χ4v) is 4.31. The molecule has 2 aromatic carbocycles. The molecular formula is C27H34N4O5. The topological polar surface area (TPSA) is 128 Å². The molecule has 9 nitrogen and oxygen atoms in total. The smallest absolute Gasteiger partial charge is 0.326 e. The van der Waals surface area contributed by atoms with Crippen molar-refractivity contribution in [1.29, 1.82) is 0 Å². The summed E-state index contributed by atoms with van der Waals surface area (Å²) in [7, 11) is 0. The fourth-order valence-electron chi connectivity index (χ4n) is 4.31. The van der Waals surface area contributed by atoms with Crippen LogP contribution in [-0.2, 0) is 20.8 Å². The Kier molecular flexibility index (Phi) is 8.68. The molecule has 0 aliphatic carbocycles. The van der Waals surface area contributed by atoms with Gasteiger partial charge in [0.25, 0.3) is 0 Å². The number of nitrogens with zero attached hydrogens (tertiary/aromatic N) is 1. The number of rotatable bonds is 9. The average molecular weight is 495 g/mol. The van der Waals surface area contributed by atoms with Gasteiger partial charge in [-0.25, -0.2) is 9.59 Å². The Morgan fingerprint density at radius 3 is 2.25 bits per heavy atom. The van der Waals surface area contributed by atoms with Gasteiger partial charge in [-0.15, -0.1) is 0 Å². The third kappa shape index (κ3) is 6.02. The minimum atomic E-state index is -1.14. The van der Waals surface area contributed by atoms with Crippen LogP contribution < -0.4 is 20.9 Å². The van der Waals surface area contributed by atoms with E-state index in [1.807, 2.05) is 51.1 Å². The Hall–Kier alpha value is -3.88. The zero-order valence-corrected chi connectivity index (χ0v) is 21.0. The lowest BCUT2D eigenvalue weighted by molar-refractivity contribution is -0.143. The lowest BCUT2D eigenvalue weighted by Crippen LogP contribution is -2.61. The van der Waals surface area contributed by atoms with Gasteiger partial charge in [0, 0.05) is 6.42 Å². The minimum absolute atomic E-state index is 0.152. The van der Waals surface area contributed by atoms with Gasteiger partial charge in [-0.05, 0) is 29.5 Å². The van der Waals surface area contributed by atoms with Gasteiger partial charge in [0.15, 0.2) is 0 Å². The van der Waals surface area contributed by atoms with E-state index in [1.54, 1.807) is 31.2 Å². The summed E-state index contributed by atoms with van der Waals surface area (Å²) < 4.78 is 0. The van der Waals surface area contributed by atoms with Gasteiger partial charge in [0.1, 0.15) is 18.1 Å². The first kappa shape index (κ1) is 26.7. The number of hydrogen-bond acceptors (Lipinski definition) is 4. The van der Waals surface area contributed by atoms with E-state index in [0.717, 1.165) is 5.56 Å². The first-order valence-corrected chi connectivity index (χ1v) is 12.2. The van der Waals surface area contributed by atoms with Crippen LogP contribution in [0.5, 0.6) is 0 Å². The molecule has 0 fully saturated rings. The lowest BCUT2D eigenvalue weighted by Gasteiger charge is -2.39. The molecule has 4 amide bonds. The molecule has 1 aliphatic rings. The third-order valence-corrected chi connectivity index (χ3v) is 6.49. The summed E-state index contributed by atoms with van der Waals surface area (Å²) in [5.41, 5.74) is 1.82. The standard InChI is InChI=1S/C27H34N4O5/c1-5-17(4)22(26(34)35)30-24(32)20(15-18-11-7-6-8-12-18)29-27(36)31-21-14-10-9-13-19(21)28-25(33)23(31)16(2)3/h6-14,16-17,20,22-23H,5,15H2,1-4H3,(H,28,33)(H,29,36)(H,30,32)(H,34,35)/t17-,20-,22-,23-/m0/s1. The number of aliphatic carboxylic acids is 1. The Morgan fingerprint density at radius 2 is 1.64 bits per heavy atom. The fraction of sp³-hybridized carbons (Fsp3) is 0.407. The second-order valence-electron chi connectivity index (χ2n) is 9.47. The maximum Gasteiger partial charge on any atom is 0.326 e. The van der Waals surface area contributed by atoms with Crippen molar-refractivity contribution in [2.75, 3.05) is 10.2 Å². The zero-order chi connectivity index (χ0) is 26.4.